The molecule has 1 aliphatic rings. The summed E-state index contributed by atoms with van der Waals surface area (Å²) in [5.74, 6) is 0.156. The minimum Gasteiger partial charge on any atom is -0.337 e. The minimum absolute atomic E-state index is 0.0396. The Kier molecular flexibility index (Phi) is 9.97. The Bertz CT molecular complexity index is 1210. The Balaban J connectivity index is 1.61. The van der Waals surface area contributed by atoms with E-state index in [2.05, 4.69) is 30.9 Å². The Hall–Kier alpha value is -3.15. The lowest BCUT2D eigenvalue weighted by molar-refractivity contribution is -0.131. The molecule has 6 heteroatoms. The molecule has 3 aromatic rings. The number of fused-ring (bicyclic) bond motifs is 1. The maximum atomic E-state index is 13.6. The molecule has 3 aromatic carbocycles. The Morgan fingerprint density at radius 3 is 2.29 bits per heavy atom. The number of halogens is 1. The number of anilines is 1. The van der Waals surface area contributed by atoms with Gasteiger partial charge in [0.2, 0.25) is 11.8 Å². The van der Waals surface area contributed by atoms with Crippen molar-refractivity contribution in [2.45, 2.75) is 52.1 Å². The van der Waals surface area contributed by atoms with Gasteiger partial charge in [0.15, 0.2) is 0 Å². The van der Waals surface area contributed by atoms with Crippen molar-refractivity contribution in [3.8, 4) is 0 Å². The van der Waals surface area contributed by atoms with Crippen molar-refractivity contribution in [2.75, 3.05) is 31.1 Å². The average Bonchev–Trinajstić information content (AvgIpc) is 2.96. The maximum Gasteiger partial charge on any atom is 0.227 e. The number of hydrogen-bond donors (Lipinski definition) is 0. The zero-order valence-corrected chi connectivity index (χ0v) is 23.2. The Morgan fingerprint density at radius 2 is 1.53 bits per heavy atom. The summed E-state index contributed by atoms with van der Waals surface area (Å²) in [5, 5.41) is 0.609. The number of carbonyl (C=O) groups excluding carboxylic acids is 2. The van der Waals surface area contributed by atoms with Crippen molar-refractivity contribution >= 4 is 29.1 Å². The molecule has 0 spiro atoms. The van der Waals surface area contributed by atoms with Crippen LogP contribution in [0.1, 0.15) is 43.4 Å². The molecule has 1 heterocycles. The second-order valence-corrected chi connectivity index (χ2v) is 10.6. The molecule has 1 aliphatic heterocycles. The van der Waals surface area contributed by atoms with Crippen molar-refractivity contribution in [3.05, 3.63) is 101 Å². The molecule has 0 unspecified atom stereocenters. The topological polar surface area (TPSA) is 43.9 Å². The van der Waals surface area contributed by atoms with Crippen LogP contribution in [0, 0.1) is 0 Å². The van der Waals surface area contributed by atoms with Crippen molar-refractivity contribution in [2.24, 2.45) is 0 Å². The van der Waals surface area contributed by atoms with Gasteiger partial charge in [0.1, 0.15) is 0 Å². The van der Waals surface area contributed by atoms with Crippen LogP contribution in [-0.2, 0) is 29.0 Å². The predicted octanol–water partition coefficient (Wildman–Crippen LogP) is 5.99. The second-order valence-electron chi connectivity index (χ2n) is 10.2. The summed E-state index contributed by atoms with van der Waals surface area (Å²) in [6, 6.07) is 26.1. The van der Waals surface area contributed by atoms with Gasteiger partial charge < -0.3 is 9.80 Å². The molecule has 5 nitrogen and oxygen atoms in total. The molecule has 0 saturated heterocycles. The summed E-state index contributed by atoms with van der Waals surface area (Å²) >= 11 is 6.39. The van der Waals surface area contributed by atoms with E-state index >= 15 is 0 Å². The van der Waals surface area contributed by atoms with Gasteiger partial charge in [-0.3, -0.25) is 14.5 Å². The molecule has 0 N–H and O–H groups in total. The molecule has 0 aliphatic carbocycles. The molecular formula is C32H38ClN3O2. The molecular weight excluding hydrogens is 494 g/mol. The summed E-state index contributed by atoms with van der Waals surface area (Å²) in [6.45, 7) is 7.76. The highest BCUT2D eigenvalue weighted by atomic mass is 35.5. The minimum atomic E-state index is 0.0396. The third-order valence-electron chi connectivity index (χ3n) is 7.28. The first-order chi connectivity index (χ1) is 18.4. The number of nitrogens with zero attached hydrogens (tertiary/aromatic N) is 3. The molecule has 38 heavy (non-hydrogen) atoms. The third-order valence-corrected chi connectivity index (χ3v) is 7.65. The summed E-state index contributed by atoms with van der Waals surface area (Å²) < 4.78 is 0. The van der Waals surface area contributed by atoms with Gasteiger partial charge in [-0.05, 0) is 55.5 Å². The van der Waals surface area contributed by atoms with Crippen LogP contribution in [0.15, 0.2) is 78.9 Å². The fourth-order valence-electron chi connectivity index (χ4n) is 5.04. The standard InChI is InChI=1S/C32H38ClN3O2/c1-25(2)34-19-10-20-36(31(37)18-17-26-11-4-3-5-12-26)30-16-9-7-14-28(30)24-35(22-21-34)32(38)23-27-13-6-8-15-29(27)33/h3-9,11-16,25H,10,17-24H2,1-2H3. The SMILES string of the molecule is CC(C)N1CCCN(C(=O)CCc2ccccc2)c2ccccc2CN(C(=O)Cc2ccccc2Cl)CC1. The maximum absolute atomic E-state index is 13.6. The molecule has 0 radical (unpaired) electrons. The highest BCUT2D eigenvalue weighted by molar-refractivity contribution is 6.31. The highest BCUT2D eigenvalue weighted by Gasteiger charge is 2.24. The number of rotatable bonds is 6. The van der Waals surface area contributed by atoms with Crippen LogP contribution in [0.3, 0.4) is 0 Å². The van der Waals surface area contributed by atoms with Crippen molar-refractivity contribution in [3.63, 3.8) is 0 Å². The van der Waals surface area contributed by atoms with E-state index in [1.807, 2.05) is 76.5 Å². The second kappa shape index (κ2) is 13.6. The van der Waals surface area contributed by atoms with E-state index in [-0.39, 0.29) is 18.2 Å². The number of carbonyl (C=O) groups is 2. The Labute approximate surface area is 232 Å². The zero-order chi connectivity index (χ0) is 26.9. The van der Waals surface area contributed by atoms with Gasteiger partial charge in [0, 0.05) is 55.9 Å². The lowest BCUT2D eigenvalue weighted by atomic mass is 10.1. The summed E-state index contributed by atoms with van der Waals surface area (Å²) in [7, 11) is 0. The summed E-state index contributed by atoms with van der Waals surface area (Å²) in [4.78, 5) is 33.5. The smallest absolute Gasteiger partial charge is 0.227 e. The third kappa shape index (κ3) is 7.46. The molecule has 2 amide bonds. The number of para-hydroxylation sites is 1. The van der Waals surface area contributed by atoms with E-state index in [1.54, 1.807) is 0 Å². The first-order valence-corrected chi connectivity index (χ1v) is 14.0. The van der Waals surface area contributed by atoms with Gasteiger partial charge >= 0.3 is 0 Å². The van der Waals surface area contributed by atoms with Gasteiger partial charge in [0.25, 0.3) is 0 Å². The zero-order valence-electron chi connectivity index (χ0n) is 22.5. The number of amides is 2. The van der Waals surface area contributed by atoms with Crippen molar-refractivity contribution in [1.29, 1.82) is 0 Å². The van der Waals surface area contributed by atoms with Gasteiger partial charge in [-0.1, -0.05) is 78.3 Å². The first kappa shape index (κ1) is 27.9. The molecule has 0 atom stereocenters. The summed E-state index contributed by atoms with van der Waals surface area (Å²) in [6.07, 6.45) is 2.28. The fourth-order valence-corrected chi connectivity index (χ4v) is 5.24. The number of hydrogen-bond acceptors (Lipinski definition) is 3. The van der Waals surface area contributed by atoms with Crippen LogP contribution in [0.4, 0.5) is 5.69 Å². The van der Waals surface area contributed by atoms with E-state index in [9.17, 15) is 9.59 Å². The van der Waals surface area contributed by atoms with E-state index < -0.39 is 0 Å². The van der Waals surface area contributed by atoms with E-state index in [1.165, 1.54) is 0 Å². The van der Waals surface area contributed by atoms with E-state index in [4.69, 9.17) is 11.6 Å². The molecule has 0 aromatic heterocycles. The Morgan fingerprint density at radius 1 is 0.816 bits per heavy atom. The number of aryl methyl sites for hydroxylation is 1. The van der Waals surface area contributed by atoms with E-state index in [0.29, 0.717) is 43.5 Å². The average molecular weight is 532 g/mol. The van der Waals surface area contributed by atoms with Gasteiger partial charge in [-0.25, -0.2) is 0 Å². The van der Waals surface area contributed by atoms with Gasteiger partial charge in [-0.2, -0.15) is 0 Å². The van der Waals surface area contributed by atoms with E-state index in [0.717, 1.165) is 41.9 Å². The molecule has 200 valence electrons. The van der Waals surface area contributed by atoms with Gasteiger partial charge in [-0.15, -0.1) is 0 Å². The molecule has 0 saturated carbocycles. The highest BCUT2D eigenvalue weighted by Crippen LogP contribution is 2.26. The first-order valence-electron chi connectivity index (χ1n) is 13.6. The summed E-state index contributed by atoms with van der Waals surface area (Å²) in [5.41, 5.74) is 3.89. The van der Waals surface area contributed by atoms with Crippen LogP contribution < -0.4 is 4.90 Å². The monoisotopic (exact) mass is 531 g/mol. The van der Waals surface area contributed by atoms with Crippen LogP contribution in [0.25, 0.3) is 0 Å². The lowest BCUT2D eigenvalue weighted by Gasteiger charge is -2.30. The van der Waals surface area contributed by atoms with Gasteiger partial charge in [0.05, 0.1) is 6.42 Å². The number of benzene rings is 3. The van der Waals surface area contributed by atoms with Crippen LogP contribution in [0.2, 0.25) is 5.02 Å². The van der Waals surface area contributed by atoms with Crippen molar-refractivity contribution < 1.29 is 9.59 Å². The van der Waals surface area contributed by atoms with Crippen LogP contribution in [-0.4, -0.2) is 53.8 Å². The van der Waals surface area contributed by atoms with Crippen LogP contribution in [0.5, 0.6) is 0 Å². The molecule has 4 rings (SSSR count). The molecule has 0 bridgehead atoms. The normalized spacial score (nSPS) is 15.2. The fraction of sp³-hybridized carbons (Fsp3) is 0.375. The van der Waals surface area contributed by atoms with Crippen LogP contribution >= 0.6 is 11.6 Å². The largest absolute Gasteiger partial charge is 0.337 e. The quantitative estimate of drug-likeness (QED) is 0.392. The van der Waals surface area contributed by atoms with Crippen molar-refractivity contribution in [1.82, 2.24) is 9.80 Å². The predicted molar refractivity (Wildman–Crippen MR) is 155 cm³/mol. The lowest BCUT2D eigenvalue weighted by Crippen LogP contribution is -2.42. The molecule has 0 fully saturated rings.